The normalized spacial score (nSPS) is 23.6. The first kappa shape index (κ1) is 12.4. The Morgan fingerprint density at radius 3 is 2.71 bits per heavy atom. The number of benzene rings is 1. The summed E-state index contributed by atoms with van der Waals surface area (Å²) in [5.41, 5.74) is 8.97. The van der Waals surface area contributed by atoms with Gasteiger partial charge < -0.3 is 11.1 Å². The Morgan fingerprint density at radius 2 is 2.18 bits per heavy atom. The van der Waals surface area contributed by atoms with E-state index in [1.54, 1.807) is 0 Å². The van der Waals surface area contributed by atoms with Gasteiger partial charge in [0.1, 0.15) is 4.99 Å². The number of nitrogens with one attached hydrogen (secondary N) is 1. The molecule has 2 nitrogen and oxygen atoms in total. The lowest BCUT2D eigenvalue weighted by Gasteiger charge is -2.19. The zero-order valence-corrected chi connectivity index (χ0v) is 11.3. The lowest BCUT2D eigenvalue weighted by atomic mass is 10.0. The van der Waals surface area contributed by atoms with Crippen LogP contribution in [-0.4, -0.2) is 11.0 Å². The molecule has 0 amide bonds. The van der Waals surface area contributed by atoms with E-state index in [1.807, 2.05) is 6.07 Å². The highest BCUT2D eigenvalue weighted by Crippen LogP contribution is 2.28. The molecule has 2 rings (SSSR count). The Kier molecular flexibility index (Phi) is 3.67. The van der Waals surface area contributed by atoms with E-state index in [0.717, 1.165) is 17.0 Å². The molecular formula is C14H20N2S. The molecule has 1 aliphatic carbocycles. The van der Waals surface area contributed by atoms with Gasteiger partial charge in [-0.05, 0) is 49.4 Å². The molecule has 2 atom stereocenters. The highest BCUT2D eigenvalue weighted by molar-refractivity contribution is 7.80. The molecule has 2 unspecified atom stereocenters. The molecule has 0 aliphatic heterocycles. The molecule has 1 aliphatic rings. The maximum absolute atomic E-state index is 5.66. The summed E-state index contributed by atoms with van der Waals surface area (Å²) in [5, 5.41) is 3.61. The fourth-order valence-electron chi connectivity index (χ4n) is 2.60. The summed E-state index contributed by atoms with van der Waals surface area (Å²) in [6, 6.07) is 6.84. The maximum Gasteiger partial charge on any atom is 0.104 e. The van der Waals surface area contributed by atoms with Crippen LogP contribution in [0.3, 0.4) is 0 Å². The van der Waals surface area contributed by atoms with Gasteiger partial charge in [-0.1, -0.05) is 25.6 Å². The van der Waals surface area contributed by atoms with Gasteiger partial charge in [-0.3, -0.25) is 0 Å². The molecule has 0 saturated heterocycles. The standard InChI is InChI=1S/C14H20N2S/c1-9-4-3-5-13(9)16-11-6-7-12(14(15)17)10(2)8-11/h6-9,13,16H,3-5H2,1-2H3,(H2,15,17). The van der Waals surface area contributed by atoms with E-state index in [0.29, 0.717) is 11.0 Å². The number of aryl methyl sites for hydroxylation is 1. The number of hydrogen-bond donors (Lipinski definition) is 2. The summed E-state index contributed by atoms with van der Waals surface area (Å²) < 4.78 is 0. The van der Waals surface area contributed by atoms with E-state index in [4.69, 9.17) is 18.0 Å². The van der Waals surface area contributed by atoms with Crippen molar-refractivity contribution in [2.75, 3.05) is 5.32 Å². The lowest BCUT2D eigenvalue weighted by Crippen LogP contribution is -2.22. The average molecular weight is 248 g/mol. The summed E-state index contributed by atoms with van der Waals surface area (Å²) in [6.07, 6.45) is 3.95. The molecule has 17 heavy (non-hydrogen) atoms. The predicted octanol–water partition coefficient (Wildman–Crippen LogP) is 3.23. The van der Waals surface area contributed by atoms with Gasteiger partial charge in [-0.2, -0.15) is 0 Å². The summed E-state index contributed by atoms with van der Waals surface area (Å²) in [7, 11) is 0. The number of anilines is 1. The maximum atomic E-state index is 5.66. The molecular weight excluding hydrogens is 228 g/mol. The van der Waals surface area contributed by atoms with E-state index in [2.05, 4.69) is 31.3 Å². The van der Waals surface area contributed by atoms with Crippen molar-refractivity contribution in [3.05, 3.63) is 29.3 Å². The number of thiocarbonyl (C=S) groups is 1. The molecule has 3 heteroatoms. The van der Waals surface area contributed by atoms with Crippen molar-refractivity contribution in [3.8, 4) is 0 Å². The molecule has 0 heterocycles. The number of nitrogens with two attached hydrogens (primary N) is 1. The zero-order chi connectivity index (χ0) is 12.4. The molecule has 1 saturated carbocycles. The second-order valence-corrected chi connectivity index (χ2v) is 5.49. The van der Waals surface area contributed by atoms with Crippen molar-refractivity contribution in [1.29, 1.82) is 0 Å². The van der Waals surface area contributed by atoms with Gasteiger partial charge >= 0.3 is 0 Å². The Labute approximate surface area is 109 Å². The van der Waals surface area contributed by atoms with Crippen LogP contribution in [-0.2, 0) is 0 Å². The summed E-state index contributed by atoms with van der Waals surface area (Å²) in [5.74, 6) is 0.769. The van der Waals surface area contributed by atoms with Gasteiger partial charge in [-0.25, -0.2) is 0 Å². The van der Waals surface area contributed by atoms with Crippen molar-refractivity contribution in [2.24, 2.45) is 11.7 Å². The van der Waals surface area contributed by atoms with E-state index < -0.39 is 0 Å². The van der Waals surface area contributed by atoms with E-state index in [9.17, 15) is 0 Å². The van der Waals surface area contributed by atoms with Crippen molar-refractivity contribution >= 4 is 22.9 Å². The van der Waals surface area contributed by atoms with E-state index >= 15 is 0 Å². The van der Waals surface area contributed by atoms with Gasteiger partial charge in [0.05, 0.1) is 0 Å². The Morgan fingerprint density at radius 1 is 1.41 bits per heavy atom. The average Bonchev–Trinajstić information content (AvgIpc) is 2.64. The highest BCUT2D eigenvalue weighted by Gasteiger charge is 2.22. The van der Waals surface area contributed by atoms with Crippen LogP contribution in [0, 0.1) is 12.8 Å². The second-order valence-electron chi connectivity index (χ2n) is 5.05. The third kappa shape index (κ3) is 2.78. The number of hydrogen-bond acceptors (Lipinski definition) is 2. The molecule has 0 spiro atoms. The molecule has 0 radical (unpaired) electrons. The van der Waals surface area contributed by atoms with Crippen LogP contribution >= 0.6 is 12.2 Å². The van der Waals surface area contributed by atoms with Crippen LogP contribution in [0.4, 0.5) is 5.69 Å². The molecule has 92 valence electrons. The Balaban J connectivity index is 2.12. The lowest BCUT2D eigenvalue weighted by molar-refractivity contribution is 0.556. The molecule has 1 aromatic rings. The SMILES string of the molecule is Cc1cc(NC2CCCC2C)ccc1C(N)=S. The summed E-state index contributed by atoms with van der Waals surface area (Å²) >= 11 is 5.01. The summed E-state index contributed by atoms with van der Waals surface area (Å²) in [4.78, 5) is 0.475. The van der Waals surface area contributed by atoms with Crippen LogP contribution in [0.1, 0.15) is 37.3 Å². The first-order chi connectivity index (χ1) is 8.08. The van der Waals surface area contributed by atoms with Crippen LogP contribution in [0.25, 0.3) is 0 Å². The van der Waals surface area contributed by atoms with Crippen LogP contribution < -0.4 is 11.1 Å². The van der Waals surface area contributed by atoms with Crippen LogP contribution in [0.2, 0.25) is 0 Å². The Bertz CT molecular complexity index is 428. The molecule has 0 aromatic heterocycles. The largest absolute Gasteiger partial charge is 0.389 e. The van der Waals surface area contributed by atoms with Crippen molar-refractivity contribution in [3.63, 3.8) is 0 Å². The summed E-state index contributed by atoms with van der Waals surface area (Å²) in [6.45, 7) is 4.37. The first-order valence-corrected chi connectivity index (χ1v) is 6.65. The van der Waals surface area contributed by atoms with Gasteiger partial charge in [0.25, 0.3) is 0 Å². The molecule has 0 bridgehead atoms. The molecule has 3 N–H and O–H groups in total. The zero-order valence-electron chi connectivity index (χ0n) is 10.5. The Hall–Kier alpha value is -1.09. The topological polar surface area (TPSA) is 38.0 Å². The first-order valence-electron chi connectivity index (χ1n) is 6.25. The van der Waals surface area contributed by atoms with Gasteiger partial charge in [0.2, 0.25) is 0 Å². The quantitative estimate of drug-likeness (QED) is 0.807. The van der Waals surface area contributed by atoms with Crippen molar-refractivity contribution < 1.29 is 0 Å². The van der Waals surface area contributed by atoms with E-state index in [1.165, 1.54) is 24.9 Å². The minimum Gasteiger partial charge on any atom is -0.389 e. The monoisotopic (exact) mass is 248 g/mol. The van der Waals surface area contributed by atoms with Crippen LogP contribution in [0.5, 0.6) is 0 Å². The fourth-order valence-corrected chi connectivity index (χ4v) is 2.83. The highest BCUT2D eigenvalue weighted by atomic mass is 32.1. The molecule has 1 aromatic carbocycles. The van der Waals surface area contributed by atoms with Crippen molar-refractivity contribution in [1.82, 2.24) is 0 Å². The third-order valence-electron chi connectivity index (χ3n) is 3.71. The van der Waals surface area contributed by atoms with E-state index in [-0.39, 0.29) is 0 Å². The smallest absolute Gasteiger partial charge is 0.104 e. The second kappa shape index (κ2) is 5.05. The van der Waals surface area contributed by atoms with Gasteiger partial charge in [0, 0.05) is 17.3 Å². The minimum atomic E-state index is 0.475. The predicted molar refractivity (Wildman–Crippen MR) is 77.5 cm³/mol. The number of rotatable bonds is 3. The van der Waals surface area contributed by atoms with Crippen LogP contribution in [0.15, 0.2) is 18.2 Å². The van der Waals surface area contributed by atoms with Gasteiger partial charge in [-0.15, -0.1) is 0 Å². The fraction of sp³-hybridized carbons (Fsp3) is 0.500. The van der Waals surface area contributed by atoms with Crippen molar-refractivity contribution in [2.45, 2.75) is 39.2 Å². The van der Waals surface area contributed by atoms with Gasteiger partial charge in [0.15, 0.2) is 0 Å². The minimum absolute atomic E-state index is 0.475. The third-order valence-corrected chi connectivity index (χ3v) is 3.93. The molecule has 1 fully saturated rings.